The number of rotatable bonds is 5. The maximum atomic E-state index is 2.63. The molecule has 0 saturated carbocycles. The molecule has 0 spiro atoms. The van der Waals surface area contributed by atoms with Gasteiger partial charge in [0.15, 0.2) is 0 Å². The van der Waals surface area contributed by atoms with Gasteiger partial charge in [-0.2, -0.15) is 0 Å². The van der Waals surface area contributed by atoms with Crippen molar-refractivity contribution in [2.24, 2.45) is 0 Å². The normalized spacial score (nSPS) is 19.0. The number of benzene rings is 3. The molecule has 0 fully saturated rings. The third-order valence-corrected chi connectivity index (χ3v) is 18.8. The fourth-order valence-electron chi connectivity index (χ4n) is 7.18. The number of hydrogen-bond donors (Lipinski definition) is 0. The van der Waals surface area contributed by atoms with E-state index >= 15 is 0 Å². The van der Waals surface area contributed by atoms with Gasteiger partial charge in [-0.15, -0.1) is 0 Å². The first kappa shape index (κ1) is 26.1. The van der Waals surface area contributed by atoms with Gasteiger partial charge in [0.05, 0.1) is 0 Å². The summed E-state index contributed by atoms with van der Waals surface area (Å²) in [4.78, 5) is 0. The van der Waals surface area contributed by atoms with Crippen LogP contribution in [0.2, 0.25) is 20.7 Å². The molecule has 0 radical (unpaired) electrons. The molecule has 2 heteroatoms. The summed E-state index contributed by atoms with van der Waals surface area (Å²) in [5.74, 6) is 0. The number of hydrogen-bond acceptors (Lipinski definition) is 0. The van der Waals surface area contributed by atoms with Crippen LogP contribution < -0.4 is 15.6 Å². The van der Waals surface area contributed by atoms with Crippen LogP contribution >= 0.6 is 0 Å². The molecule has 182 valence electrons. The maximum absolute atomic E-state index is 2.63. The third-order valence-electron chi connectivity index (χ3n) is 9.02. The summed E-state index contributed by atoms with van der Waals surface area (Å²) in [5.41, 5.74) is 8.90. The average Bonchev–Trinajstić information content (AvgIpc) is 2.99. The summed E-state index contributed by atoms with van der Waals surface area (Å²) in [6.07, 6.45) is 0. The van der Waals surface area contributed by atoms with Crippen molar-refractivity contribution >= 4 is 23.6 Å². The zero-order valence-electron chi connectivity index (χ0n) is 23.4. The van der Waals surface area contributed by atoms with Gasteiger partial charge in [-0.25, -0.2) is 0 Å². The van der Waals surface area contributed by atoms with E-state index in [1.54, 1.807) is 20.2 Å². The van der Waals surface area contributed by atoms with E-state index in [1.165, 1.54) is 32.6 Å². The van der Waals surface area contributed by atoms with Gasteiger partial charge in [0.2, 0.25) is 0 Å². The van der Waals surface area contributed by atoms with Crippen LogP contribution in [0, 0.1) is 20.8 Å². The van der Waals surface area contributed by atoms with Crippen LogP contribution in [0.15, 0.2) is 93.4 Å². The minimum absolute atomic E-state index is 0.0176. The molecule has 4 rings (SSSR count). The van der Waals surface area contributed by atoms with Crippen molar-refractivity contribution in [3.8, 4) is 0 Å². The number of aryl methyl sites for hydroxylation is 2. The van der Waals surface area contributed by atoms with Crippen molar-refractivity contribution < 1.29 is 16.6 Å². The molecule has 0 N–H and O–H groups in total. The fourth-order valence-corrected chi connectivity index (χ4v) is 20.6. The molecule has 1 unspecified atom stereocenters. The van der Waals surface area contributed by atoms with E-state index in [2.05, 4.69) is 137 Å². The van der Waals surface area contributed by atoms with Crippen LogP contribution in [-0.2, 0) is 16.6 Å². The molecule has 0 heterocycles. The Morgan fingerprint density at radius 1 is 0.600 bits per heavy atom. The first-order chi connectivity index (χ1) is 16.4. The summed E-state index contributed by atoms with van der Waals surface area (Å²) in [7, 11) is -2.59. The van der Waals surface area contributed by atoms with Gasteiger partial charge < -0.3 is 0 Å². The Hall–Kier alpha value is -1.93. The van der Waals surface area contributed by atoms with Crippen molar-refractivity contribution in [3.63, 3.8) is 0 Å². The quantitative estimate of drug-likeness (QED) is 0.241. The Balaban J connectivity index is 2.31. The Bertz CT molecular complexity index is 1260. The van der Waals surface area contributed by atoms with Crippen LogP contribution in [0.4, 0.5) is 0 Å². The molecule has 0 nitrogen and oxygen atoms in total. The van der Waals surface area contributed by atoms with Gasteiger partial charge in [0, 0.05) is 0 Å². The van der Waals surface area contributed by atoms with Gasteiger partial charge >= 0.3 is 219 Å². The predicted octanol–water partition coefficient (Wildman–Crippen LogP) is 7.76. The first-order valence-corrected chi connectivity index (χ1v) is 20.4. The molecule has 0 bridgehead atoms. The van der Waals surface area contributed by atoms with Gasteiger partial charge in [-0.3, -0.25) is 0 Å². The minimum atomic E-state index is -2.59. The molecule has 0 aliphatic heterocycles. The Morgan fingerprint density at radius 2 is 1.03 bits per heavy atom. The summed E-state index contributed by atoms with van der Waals surface area (Å²) >= 11 is -2.29. The van der Waals surface area contributed by atoms with E-state index < -0.39 is 24.7 Å². The molecule has 35 heavy (non-hydrogen) atoms. The molecule has 1 aliphatic carbocycles. The van der Waals surface area contributed by atoms with Crippen LogP contribution in [0.3, 0.4) is 0 Å². The van der Waals surface area contributed by atoms with E-state index in [-0.39, 0.29) is 5.04 Å². The van der Waals surface area contributed by atoms with Crippen molar-refractivity contribution in [2.45, 2.75) is 69.2 Å². The van der Waals surface area contributed by atoms with Crippen LogP contribution in [-0.4, -0.2) is 8.07 Å². The SMILES string of the molecule is CC1=C(C)C(C)([Si](c2ccccc2)(c2ccccc2)c2cc(C)c(C)c(C)c2)[C]([Ti]([CH3])([CH3])[CH3])=C1C. The number of allylic oxidation sites excluding steroid dienone is 4. The summed E-state index contributed by atoms with van der Waals surface area (Å²) in [6, 6.07) is 28.2. The van der Waals surface area contributed by atoms with Crippen LogP contribution in [0.5, 0.6) is 0 Å². The van der Waals surface area contributed by atoms with Crippen molar-refractivity contribution in [1.82, 2.24) is 0 Å². The third kappa shape index (κ3) is 3.83. The van der Waals surface area contributed by atoms with E-state index in [4.69, 9.17) is 0 Å². The summed E-state index contributed by atoms with van der Waals surface area (Å²) < 4.78 is 1.79. The zero-order valence-corrected chi connectivity index (χ0v) is 26.0. The summed E-state index contributed by atoms with van der Waals surface area (Å²) in [5, 5.41) is 12.4. The Labute approximate surface area is 218 Å². The van der Waals surface area contributed by atoms with E-state index in [0.717, 1.165) is 0 Å². The standard InChI is InChI=1S/C30H33Si.3CH3.Ti/c1-21-18-29(19-22(2)24(21)4)31(27-14-10-8-11-15-27,28-16-12-9-13-17-28)30(7)20-23(3)25(5)26(30)6;;;;/h8-19H,1-7H3;3*1H3;. The molecule has 3 aromatic rings. The molecule has 1 atom stereocenters. The molecule has 0 amide bonds. The Morgan fingerprint density at radius 3 is 1.43 bits per heavy atom. The fraction of sp³-hybridized carbons (Fsp3) is 0.333. The summed E-state index contributed by atoms with van der Waals surface area (Å²) in [6.45, 7) is 16.7. The molecular weight excluding hydrogens is 472 g/mol. The molecular formula is C33H42SiTi. The molecule has 1 aliphatic rings. The van der Waals surface area contributed by atoms with Crippen LogP contribution in [0.1, 0.15) is 44.4 Å². The molecule has 0 aromatic heterocycles. The van der Waals surface area contributed by atoms with Crippen molar-refractivity contribution in [2.75, 3.05) is 0 Å². The van der Waals surface area contributed by atoms with E-state index in [0.29, 0.717) is 0 Å². The van der Waals surface area contributed by atoms with E-state index in [1.807, 2.05) is 0 Å². The van der Waals surface area contributed by atoms with E-state index in [9.17, 15) is 0 Å². The van der Waals surface area contributed by atoms with Crippen molar-refractivity contribution in [1.29, 1.82) is 0 Å². The second-order valence-electron chi connectivity index (χ2n) is 11.8. The zero-order chi connectivity index (χ0) is 25.8. The first-order valence-electron chi connectivity index (χ1n) is 13.0. The topological polar surface area (TPSA) is 0 Å². The van der Waals surface area contributed by atoms with Gasteiger partial charge in [-0.05, 0) is 0 Å². The second kappa shape index (κ2) is 9.18. The molecule has 0 saturated heterocycles. The molecule has 3 aromatic carbocycles. The van der Waals surface area contributed by atoms with Crippen LogP contribution in [0.25, 0.3) is 0 Å². The van der Waals surface area contributed by atoms with Gasteiger partial charge in [0.1, 0.15) is 0 Å². The average molecular weight is 515 g/mol. The van der Waals surface area contributed by atoms with Gasteiger partial charge in [0.25, 0.3) is 0 Å². The predicted molar refractivity (Wildman–Crippen MR) is 155 cm³/mol. The monoisotopic (exact) mass is 514 g/mol. The Kier molecular flexibility index (Phi) is 6.86. The van der Waals surface area contributed by atoms with Gasteiger partial charge in [-0.1, -0.05) is 0 Å². The van der Waals surface area contributed by atoms with Crippen molar-refractivity contribution in [3.05, 3.63) is 110 Å². The second-order valence-corrected chi connectivity index (χ2v) is 23.9.